The van der Waals surface area contributed by atoms with Gasteiger partial charge in [0.15, 0.2) is 0 Å². The largest absolute Gasteiger partial charge is 0.452 e. The number of rotatable bonds is 5. The van der Waals surface area contributed by atoms with Crippen LogP contribution in [0.25, 0.3) is 11.3 Å². The first kappa shape index (κ1) is 21.4. The second-order valence-corrected chi connectivity index (χ2v) is 8.82. The number of halogens is 4. The molecule has 0 atom stereocenters. The molecular weight excluding hydrogens is 473 g/mol. The van der Waals surface area contributed by atoms with Crippen LogP contribution in [0.2, 0.25) is 0 Å². The van der Waals surface area contributed by atoms with E-state index >= 15 is 0 Å². The second-order valence-electron chi connectivity index (χ2n) is 6.32. The maximum atomic E-state index is 13.0. The highest BCUT2D eigenvalue weighted by molar-refractivity contribution is 9.10. The zero-order valence-electron chi connectivity index (χ0n) is 15.3. The molecular formula is C19H16BrF3N2O3S. The van der Waals surface area contributed by atoms with Crippen LogP contribution in [0, 0.1) is 6.92 Å². The highest BCUT2D eigenvalue weighted by Gasteiger charge is 2.36. The molecule has 0 radical (unpaired) electrons. The van der Waals surface area contributed by atoms with E-state index in [0.29, 0.717) is 17.7 Å². The number of hydrogen-bond donors (Lipinski definition) is 1. The minimum absolute atomic E-state index is 0.0327. The van der Waals surface area contributed by atoms with Gasteiger partial charge >= 0.3 is 6.18 Å². The second kappa shape index (κ2) is 7.83. The maximum absolute atomic E-state index is 13.0. The van der Waals surface area contributed by atoms with E-state index in [9.17, 15) is 21.6 Å². The summed E-state index contributed by atoms with van der Waals surface area (Å²) < 4.78 is 71.9. The van der Waals surface area contributed by atoms with E-state index in [2.05, 4.69) is 30.3 Å². The van der Waals surface area contributed by atoms with Crippen LogP contribution in [-0.2, 0) is 22.6 Å². The van der Waals surface area contributed by atoms with Gasteiger partial charge in [0.2, 0.25) is 5.76 Å². The molecule has 0 aliphatic carbocycles. The number of hydrogen-bond acceptors (Lipinski definition) is 4. The molecule has 2 aromatic carbocycles. The highest BCUT2D eigenvalue weighted by atomic mass is 79.9. The fourth-order valence-corrected chi connectivity index (χ4v) is 4.35. The van der Waals surface area contributed by atoms with Crippen molar-refractivity contribution in [2.45, 2.75) is 31.3 Å². The molecule has 0 fully saturated rings. The van der Waals surface area contributed by atoms with Crippen LogP contribution in [0.3, 0.4) is 0 Å². The van der Waals surface area contributed by atoms with Crippen LogP contribution < -0.4 is 4.72 Å². The van der Waals surface area contributed by atoms with Crippen molar-refractivity contribution in [3.05, 3.63) is 63.8 Å². The number of benzene rings is 2. The molecule has 0 amide bonds. The fraction of sp³-hybridized carbons (Fsp3) is 0.211. The normalized spacial score (nSPS) is 12.2. The van der Waals surface area contributed by atoms with E-state index in [-0.39, 0.29) is 16.2 Å². The average Bonchev–Trinajstić information content (AvgIpc) is 3.14. The molecule has 3 aromatic rings. The quantitative estimate of drug-likeness (QED) is 0.492. The van der Waals surface area contributed by atoms with Crippen molar-refractivity contribution in [3.8, 4) is 11.3 Å². The Kier molecular flexibility index (Phi) is 5.77. The van der Waals surface area contributed by atoms with E-state index in [4.69, 9.17) is 0 Å². The van der Waals surface area contributed by atoms with E-state index in [1.807, 2.05) is 6.92 Å². The fourth-order valence-electron chi connectivity index (χ4n) is 2.72. The summed E-state index contributed by atoms with van der Waals surface area (Å²) in [4.78, 5) is -0.0327. The summed E-state index contributed by atoms with van der Waals surface area (Å²) in [5, 5.41) is 3.42. The van der Waals surface area contributed by atoms with Gasteiger partial charge in [0.25, 0.3) is 10.0 Å². The molecule has 1 aromatic heterocycles. The lowest BCUT2D eigenvalue weighted by Crippen LogP contribution is -2.15. The van der Waals surface area contributed by atoms with Gasteiger partial charge in [0.05, 0.1) is 4.90 Å². The molecule has 3 rings (SSSR count). The van der Waals surface area contributed by atoms with Crippen molar-refractivity contribution in [2.24, 2.45) is 0 Å². The molecule has 0 aliphatic heterocycles. The number of aryl methyl sites for hydroxylation is 2. The van der Waals surface area contributed by atoms with Crippen LogP contribution >= 0.6 is 15.9 Å². The molecule has 1 N–H and O–H groups in total. The molecule has 10 heteroatoms. The summed E-state index contributed by atoms with van der Waals surface area (Å²) in [7, 11) is -3.98. The Morgan fingerprint density at radius 2 is 1.86 bits per heavy atom. The van der Waals surface area contributed by atoms with E-state index in [0.717, 1.165) is 16.1 Å². The zero-order valence-corrected chi connectivity index (χ0v) is 17.7. The van der Waals surface area contributed by atoms with Crippen molar-refractivity contribution in [3.63, 3.8) is 0 Å². The topological polar surface area (TPSA) is 72.2 Å². The monoisotopic (exact) mass is 488 g/mol. The number of aromatic nitrogens is 1. The average molecular weight is 489 g/mol. The highest BCUT2D eigenvalue weighted by Crippen LogP contribution is 2.33. The number of alkyl halides is 3. The lowest BCUT2D eigenvalue weighted by molar-refractivity contribution is -0.155. The summed E-state index contributed by atoms with van der Waals surface area (Å²) in [6, 6.07) is 10.1. The Labute approximate surface area is 174 Å². The first-order chi connectivity index (χ1) is 13.5. The molecule has 0 saturated carbocycles. The minimum atomic E-state index is -4.68. The van der Waals surface area contributed by atoms with Crippen molar-refractivity contribution in [1.82, 2.24) is 5.16 Å². The summed E-state index contributed by atoms with van der Waals surface area (Å²) in [5.41, 5.74) is 1.84. The molecule has 154 valence electrons. The van der Waals surface area contributed by atoms with Crippen molar-refractivity contribution < 1.29 is 26.1 Å². The van der Waals surface area contributed by atoms with Gasteiger partial charge in [0.1, 0.15) is 5.69 Å². The van der Waals surface area contributed by atoms with Gasteiger partial charge in [-0.1, -0.05) is 40.1 Å². The standard InChI is InChI=1S/C19H16BrF3N2O3S/c1-3-12-4-5-13(16-10-18(28-24-16)19(21,22)23)9-17(12)29(26,27)25-14-6-7-15(20)11(2)8-14/h4-10,25H,3H2,1-2H3. The molecule has 0 bridgehead atoms. The van der Waals surface area contributed by atoms with Crippen LogP contribution in [0.4, 0.5) is 18.9 Å². The number of anilines is 1. The van der Waals surface area contributed by atoms with Crippen molar-refractivity contribution in [1.29, 1.82) is 0 Å². The minimum Gasteiger partial charge on any atom is -0.351 e. The molecule has 29 heavy (non-hydrogen) atoms. The Morgan fingerprint density at radius 1 is 1.14 bits per heavy atom. The molecule has 1 heterocycles. The summed E-state index contributed by atoms with van der Waals surface area (Å²) in [6.07, 6.45) is -4.26. The van der Waals surface area contributed by atoms with E-state index in [1.165, 1.54) is 12.1 Å². The third-order valence-corrected chi connectivity index (χ3v) is 6.59. The smallest absolute Gasteiger partial charge is 0.351 e. The first-order valence-electron chi connectivity index (χ1n) is 8.47. The number of nitrogens with zero attached hydrogens (tertiary/aromatic N) is 1. The number of nitrogens with one attached hydrogen (secondary N) is 1. The molecule has 0 saturated heterocycles. The predicted molar refractivity (Wildman–Crippen MR) is 106 cm³/mol. The van der Waals surface area contributed by atoms with Gasteiger partial charge in [-0.15, -0.1) is 0 Å². The maximum Gasteiger partial charge on any atom is 0.452 e. The van der Waals surface area contributed by atoms with Crippen molar-refractivity contribution >= 4 is 31.6 Å². The SMILES string of the molecule is CCc1ccc(-c2cc(C(F)(F)F)on2)cc1S(=O)(=O)Nc1ccc(Br)c(C)c1. The van der Waals surface area contributed by atoms with Gasteiger partial charge < -0.3 is 4.52 Å². The van der Waals surface area contributed by atoms with Gasteiger partial charge in [-0.25, -0.2) is 8.42 Å². The summed E-state index contributed by atoms with van der Waals surface area (Å²) in [5.74, 6) is -1.25. The van der Waals surface area contributed by atoms with Gasteiger partial charge in [-0.05, 0) is 48.7 Å². The Hall–Kier alpha value is -2.33. The Bertz CT molecular complexity index is 1160. The molecule has 5 nitrogen and oxygen atoms in total. The Balaban J connectivity index is 2.02. The van der Waals surface area contributed by atoms with Crippen LogP contribution in [0.15, 0.2) is 56.4 Å². The Morgan fingerprint density at radius 3 is 2.45 bits per heavy atom. The molecule has 0 spiro atoms. The number of sulfonamides is 1. The summed E-state index contributed by atoms with van der Waals surface area (Å²) in [6.45, 7) is 3.61. The molecule has 0 unspecified atom stereocenters. The van der Waals surface area contributed by atoms with Crippen LogP contribution in [-0.4, -0.2) is 13.6 Å². The van der Waals surface area contributed by atoms with Gasteiger partial charge in [-0.3, -0.25) is 4.72 Å². The lowest BCUT2D eigenvalue weighted by atomic mass is 10.1. The van der Waals surface area contributed by atoms with Crippen molar-refractivity contribution in [2.75, 3.05) is 4.72 Å². The zero-order chi connectivity index (χ0) is 21.4. The van der Waals surface area contributed by atoms with Gasteiger partial charge in [0, 0.05) is 21.8 Å². The third kappa shape index (κ3) is 4.64. The summed E-state index contributed by atoms with van der Waals surface area (Å²) >= 11 is 3.35. The van der Waals surface area contributed by atoms with Crippen LogP contribution in [0.1, 0.15) is 23.8 Å². The molecule has 0 aliphatic rings. The van der Waals surface area contributed by atoms with E-state index < -0.39 is 22.0 Å². The van der Waals surface area contributed by atoms with Gasteiger partial charge in [-0.2, -0.15) is 13.2 Å². The van der Waals surface area contributed by atoms with E-state index in [1.54, 1.807) is 31.2 Å². The predicted octanol–water partition coefficient (Wildman–Crippen LogP) is 5.79. The lowest BCUT2D eigenvalue weighted by Gasteiger charge is -2.13. The first-order valence-corrected chi connectivity index (χ1v) is 10.7. The van der Waals surface area contributed by atoms with Crippen LogP contribution in [0.5, 0.6) is 0 Å². The third-order valence-electron chi connectivity index (χ3n) is 4.23.